The number of hydrogen-bond acceptors (Lipinski definition) is 3. The molecule has 0 aromatic rings. The highest BCUT2D eigenvalue weighted by atomic mass is 16.5. The zero-order valence-corrected chi connectivity index (χ0v) is 10.3. The van der Waals surface area contributed by atoms with E-state index in [9.17, 15) is 0 Å². The molecule has 84 valence electrons. The van der Waals surface area contributed by atoms with E-state index >= 15 is 0 Å². The van der Waals surface area contributed by atoms with Crippen molar-refractivity contribution in [1.82, 2.24) is 5.32 Å². The first-order valence-corrected chi connectivity index (χ1v) is 4.68. The summed E-state index contributed by atoms with van der Waals surface area (Å²) in [7, 11) is 2.71. The Morgan fingerprint density at radius 3 is 1.31 bits per heavy atom. The van der Waals surface area contributed by atoms with Gasteiger partial charge in [0.25, 0.3) is 0 Å². The van der Waals surface area contributed by atoms with E-state index < -0.39 is 0 Å². The summed E-state index contributed by atoms with van der Waals surface area (Å²) in [6.07, 6.45) is 0. The van der Waals surface area contributed by atoms with Gasteiger partial charge in [0, 0.05) is 14.2 Å². The average Bonchev–Trinajstić information content (AvgIpc) is 2.09. The van der Waals surface area contributed by atoms with Crippen molar-refractivity contribution < 1.29 is 9.84 Å². The van der Waals surface area contributed by atoms with Crippen molar-refractivity contribution in [2.24, 2.45) is 0 Å². The maximum Gasteiger partial charge on any atom is 0.0594 e. The monoisotopic (exact) mass is 193 g/mol. The Bertz CT molecular complexity index is 67.8. The van der Waals surface area contributed by atoms with E-state index in [2.05, 4.69) is 19.2 Å². The number of nitrogens with one attached hydrogen (secondary N) is 1. The molecule has 0 aliphatic rings. The highest BCUT2D eigenvalue weighted by molar-refractivity contribution is 4.55. The van der Waals surface area contributed by atoms with Crippen molar-refractivity contribution in [3.8, 4) is 0 Å². The molecule has 0 aromatic heterocycles. The van der Waals surface area contributed by atoms with Gasteiger partial charge in [-0.05, 0) is 33.9 Å². The molecule has 0 aromatic carbocycles. The second-order valence-electron chi connectivity index (χ2n) is 3.27. The van der Waals surface area contributed by atoms with Crippen molar-refractivity contribution in [2.75, 3.05) is 27.3 Å². The predicted octanol–water partition coefficient (Wildman–Crippen LogP) is 1.66. The van der Waals surface area contributed by atoms with Crippen molar-refractivity contribution in [3.05, 3.63) is 0 Å². The summed E-state index contributed by atoms with van der Waals surface area (Å²) in [5.41, 5.74) is 0.0417. The van der Waals surface area contributed by atoms with E-state index in [-0.39, 0.29) is 5.60 Å². The van der Waals surface area contributed by atoms with Crippen LogP contribution in [0.25, 0.3) is 0 Å². The lowest BCUT2D eigenvalue weighted by Crippen LogP contribution is -2.15. The number of hydrogen-bond donors (Lipinski definition) is 2. The maximum atomic E-state index is 7.00. The number of aliphatic hydroxyl groups excluding tert-OH is 1. The summed E-state index contributed by atoms with van der Waals surface area (Å²) in [5, 5.41) is 10.1. The molecular weight excluding hydrogens is 166 g/mol. The van der Waals surface area contributed by atoms with E-state index in [1.54, 1.807) is 7.11 Å². The number of methoxy groups -OCH3 is 1. The third-order valence-electron chi connectivity index (χ3n) is 1.11. The summed E-state index contributed by atoms with van der Waals surface area (Å²) in [6.45, 7) is 12.5. The van der Waals surface area contributed by atoms with Crippen LogP contribution in [0.3, 0.4) is 0 Å². The summed E-state index contributed by atoms with van der Waals surface area (Å²) in [4.78, 5) is 0. The van der Waals surface area contributed by atoms with E-state index in [4.69, 9.17) is 9.84 Å². The van der Waals surface area contributed by atoms with Crippen LogP contribution in [0.1, 0.15) is 34.6 Å². The maximum absolute atomic E-state index is 7.00. The third kappa shape index (κ3) is 48.7. The van der Waals surface area contributed by atoms with Crippen LogP contribution in [-0.2, 0) is 4.74 Å². The summed E-state index contributed by atoms with van der Waals surface area (Å²) >= 11 is 0. The Morgan fingerprint density at radius 2 is 1.31 bits per heavy atom. The molecule has 0 saturated heterocycles. The van der Waals surface area contributed by atoms with Gasteiger partial charge in [0.2, 0.25) is 0 Å². The fraction of sp³-hybridized carbons (Fsp3) is 1.00. The Labute approximate surface area is 83.5 Å². The van der Waals surface area contributed by atoms with Crippen LogP contribution in [0.2, 0.25) is 0 Å². The molecule has 2 N–H and O–H groups in total. The molecule has 0 radical (unpaired) electrons. The first kappa shape index (κ1) is 18.6. The lowest BCUT2D eigenvalue weighted by Gasteiger charge is -2.14. The van der Waals surface area contributed by atoms with Gasteiger partial charge in [-0.2, -0.15) is 0 Å². The van der Waals surface area contributed by atoms with Gasteiger partial charge in [-0.3, -0.25) is 0 Å². The smallest absolute Gasteiger partial charge is 0.0594 e. The SMILES string of the molecule is CCNCC.CO.COC(C)(C)C. The predicted molar refractivity (Wildman–Crippen MR) is 59.1 cm³/mol. The molecule has 0 aliphatic carbocycles. The van der Waals surface area contributed by atoms with Gasteiger partial charge in [-0.1, -0.05) is 13.8 Å². The lowest BCUT2D eigenvalue weighted by molar-refractivity contribution is 0.0397. The first-order chi connectivity index (χ1) is 5.97. The molecule has 0 bridgehead atoms. The molecule has 0 aliphatic heterocycles. The van der Waals surface area contributed by atoms with Crippen LogP contribution in [0, 0.1) is 0 Å². The number of rotatable bonds is 2. The van der Waals surface area contributed by atoms with Gasteiger partial charge < -0.3 is 15.2 Å². The van der Waals surface area contributed by atoms with Crippen LogP contribution >= 0.6 is 0 Å². The zero-order valence-electron chi connectivity index (χ0n) is 10.3. The summed E-state index contributed by atoms with van der Waals surface area (Å²) in [6, 6.07) is 0. The van der Waals surface area contributed by atoms with E-state index in [0.717, 1.165) is 20.2 Å². The second-order valence-corrected chi connectivity index (χ2v) is 3.27. The molecule has 0 saturated carbocycles. The van der Waals surface area contributed by atoms with Crippen molar-refractivity contribution in [1.29, 1.82) is 0 Å². The van der Waals surface area contributed by atoms with Gasteiger partial charge >= 0.3 is 0 Å². The minimum Gasteiger partial charge on any atom is -0.400 e. The fourth-order valence-corrected chi connectivity index (χ4v) is 0.250. The molecule has 3 heteroatoms. The van der Waals surface area contributed by atoms with Crippen LogP contribution in [0.15, 0.2) is 0 Å². The van der Waals surface area contributed by atoms with Gasteiger partial charge in [-0.25, -0.2) is 0 Å². The minimum absolute atomic E-state index is 0.0417. The van der Waals surface area contributed by atoms with Crippen molar-refractivity contribution in [3.63, 3.8) is 0 Å². The van der Waals surface area contributed by atoms with Crippen LogP contribution in [0.4, 0.5) is 0 Å². The molecule has 13 heavy (non-hydrogen) atoms. The molecule has 0 rings (SSSR count). The molecule has 0 fully saturated rings. The molecule has 3 nitrogen and oxygen atoms in total. The Morgan fingerprint density at radius 1 is 1.08 bits per heavy atom. The van der Waals surface area contributed by atoms with E-state index in [1.165, 1.54) is 0 Å². The standard InChI is InChI=1S/C5H12O.C4H11N.CH4O/c1-5(2,3)6-4;1-3-5-4-2;1-2/h1-4H3;5H,3-4H2,1-2H3;2H,1H3. The molecule has 0 unspecified atom stereocenters. The van der Waals surface area contributed by atoms with E-state index in [1.807, 2.05) is 20.8 Å². The first-order valence-electron chi connectivity index (χ1n) is 4.68. The summed E-state index contributed by atoms with van der Waals surface area (Å²) < 4.78 is 4.94. The Kier molecular flexibility index (Phi) is 20.6. The number of ether oxygens (including phenoxy) is 1. The van der Waals surface area contributed by atoms with Gasteiger partial charge in [0.05, 0.1) is 5.60 Å². The fourth-order valence-electron chi connectivity index (χ4n) is 0.250. The quantitative estimate of drug-likeness (QED) is 0.701. The van der Waals surface area contributed by atoms with Gasteiger partial charge in [0.1, 0.15) is 0 Å². The van der Waals surface area contributed by atoms with Crippen molar-refractivity contribution in [2.45, 2.75) is 40.2 Å². The molecule has 0 amide bonds. The molecule has 0 heterocycles. The molecule has 0 atom stereocenters. The normalized spacial score (nSPS) is 9.23. The van der Waals surface area contributed by atoms with Crippen LogP contribution < -0.4 is 5.32 Å². The largest absolute Gasteiger partial charge is 0.400 e. The van der Waals surface area contributed by atoms with Gasteiger partial charge in [-0.15, -0.1) is 0 Å². The highest BCUT2D eigenvalue weighted by Gasteiger charge is 2.03. The lowest BCUT2D eigenvalue weighted by atomic mass is 10.2. The second kappa shape index (κ2) is 14.4. The van der Waals surface area contributed by atoms with Crippen LogP contribution in [0.5, 0.6) is 0 Å². The molecular formula is C10H27NO2. The molecule has 0 spiro atoms. The highest BCUT2D eigenvalue weighted by Crippen LogP contribution is 2.02. The van der Waals surface area contributed by atoms with Crippen molar-refractivity contribution >= 4 is 0 Å². The Balaban J connectivity index is -0.000000131. The zero-order chi connectivity index (χ0) is 11.3. The summed E-state index contributed by atoms with van der Waals surface area (Å²) in [5.74, 6) is 0. The van der Waals surface area contributed by atoms with Crippen LogP contribution in [-0.4, -0.2) is 38.0 Å². The third-order valence-corrected chi connectivity index (χ3v) is 1.11. The topological polar surface area (TPSA) is 41.5 Å². The minimum atomic E-state index is 0.0417. The van der Waals surface area contributed by atoms with Gasteiger partial charge in [0.15, 0.2) is 0 Å². The van der Waals surface area contributed by atoms with E-state index in [0.29, 0.717) is 0 Å². The Hall–Kier alpha value is -0.120. The number of aliphatic hydroxyl groups is 1. The average molecular weight is 193 g/mol.